The van der Waals surface area contributed by atoms with Crippen molar-refractivity contribution >= 4 is 29.3 Å². The third-order valence-corrected chi connectivity index (χ3v) is 5.03. The number of carbonyl (C=O) groups is 2. The molecule has 120 valence electrons. The molecule has 1 fully saturated rings. The molecule has 0 radical (unpaired) electrons. The van der Waals surface area contributed by atoms with E-state index in [0.717, 1.165) is 42.4 Å². The Hall–Kier alpha value is -1.49. The number of likely N-dealkylation sites (tertiary alicyclic amines) is 1. The zero-order valence-electron chi connectivity index (χ0n) is 13.5. The number of nitrogens with one attached hydrogen (secondary N) is 1. The molecular formula is C17H24N2O2S. The van der Waals surface area contributed by atoms with Gasteiger partial charge in [-0.2, -0.15) is 0 Å². The van der Waals surface area contributed by atoms with Crippen molar-refractivity contribution in [3.63, 3.8) is 0 Å². The number of piperidine rings is 1. The Balaban J connectivity index is 1.89. The van der Waals surface area contributed by atoms with Crippen LogP contribution in [0.1, 0.15) is 33.6 Å². The predicted octanol–water partition coefficient (Wildman–Crippen LogP) is 3.38. The van der Waals surface area contributed by atoms with Crippen molar-refractivity contribution in [1.82, 2.24) is 4.90 Å². The highest BCUT2D eigenvalue weighted by Crippen LogP contribution is 2.27. The van der Waals surface area contributed by atoms with Gasteiger partial charge in [0.15, 0.2) is 0 Å². The Morgan fingerprint density at radius 3 is 2.36 bits per heavy atom. The van der Waals surface area contributed by atoms with Crippen LogP contribution in [0.3, 0.4) is 0 Å². The van der Waals surface area contributed by atoms with E-state index in [-0.39, 0.29) is 17.1 Å². The molecule has 1 aliphatic rings. The highest BCUT2D eigenvalue weighted by molar-refractivity contribution is 8.00. The van der Waals surface area contributed by atoms with Gasteiger partial charge in [0.2, 0.25) is 11.8 Å². The van der Waals surface area contributed by atoms with E-state index in [1.807, 2.05) is 36.1 Å². The highest BCUT2D eigenvalue weighted by atomic mass is 32.2. The first kappa shape index (κ1) is 16.9. The average Bonchev–Trinajstić information content (AvgIpc) is 2.49. The van der Waals surface area contributed by atoms with Crippen molar-refractivity contribution in [1.29, 1.82) is 0 Å². The molecule has 0 aliphatic carbocycles. The van der Waals surface area contributed by atoms with E-state index in [1.165, 1.54) is 6.92 Å². The van der Waals surface area contributed by atoms with Gasteiger partial charge in [-0.15, -0.1) is 11.8 Å². The van der Waals surface area contributed by atoms with E-state index < -0.39 is 0 Å². The fourth-order valence-electron chi connectivity index (χ4n) is 2.56. The summed E-state index contributed by atoms with van der Waals surface area (Å²) in [4.78, 5) is 26.5. The first-order valence-corrected chi connectivity index (χ1v) is 8.67. The first-order valence-electron chi connectivity index (χ1n) is 7.79. The Bertz CT molecular complexity index is 522. The fourth-order valence-corrected chi connectivity index (χ4v) is 3.51. The van der Waals surface area contributed by atoms with Gasteiger partial charge in [-0.1, -0.05) is 6.92 Å². The van der Waals surface area contributed by atoms with E-state index in [1.54, 1.807) is 11.8 Å². The van der Waals surface area contributed by atoms with Gasteiger partial charge >= 0.3 is 0 Å². The summed E-state index contributed by atoms with van der Waals surface area (Å²) in [6.45, 7) is 7.46. The summed E-state index contributed by atoms with van der Waals surface area (Å²) in [6, 6.07) is 7.61. The molecule has 2 amide bonds. The van der Waals surface area contributed by atoms with Gasteiger partial charge in [0.1, 0.15) is 0 Å². The van der Waals surface area contributed by atoms with Crippen molar-refractivity contribution in [2.24, 2.45) is 5.92 Å². The molecule has 2 rings (SSSR count). The lowest BCUT2D eigenvalue weighted by atomic mass is 9.99. The molecule has 22 heavy (non-hydrogen) atoms. The quantitative estimate of drug-likeness (QED) is 0.865. The Labute approximate surface area is 136 Å². The summed E-state index contributed by atoms with van der Waals surface area (Å²) in [6.07, 6.45) is 2.21. The van der Waals surface area contributed by atoms with Crippen LogP contribution in [0.2, 0.25) is 0 Å². The SMILES string of the molecule is CC(=O)Nc1ccc(SC(C)C(=O)N2CCC(C)CC2)cc1. The zero-order chi connectivity index (χ0) is 16.1. The molecule has 1 aromatic carbocycles. The first-order chi connectivity index (χ1) is 10.5. The van der Waals surface area contributed by atoms with Crippen molar-refractivity contribution in [3.05, 3.63) is 24.3 Å². The Morgan fingerprint density at radius 2 is 1.82 bits per heavy atom. The van der Waals surface area contributed by atoms with Crippen LogP contribution < -0.4 is 5.32 Å². The van der Waals surface area contributed by atoms with E-state index >= 15 is 0 Å². The van der Waals surface area contributed by atoms with Crippen molar-refractivity contribution in [3.8, 4) is 0 Å². The van der Waals surface area contributed by atoms with Crippen LogP contribution in [0, 0.1) is 5.92 Å². The minimum atomic E-state index is -0.0833. The summed E-state index contributed by atoms with van der Waals surface area (Å²) in [5.74, 6) is 0.874. The monoisotopic (exact) mass is 320 g/mol. The molecule has 1 atom stereocenters. The van der Waals surface area contributed by atoms with Crippen LogP contribution in [0.25, 0.3) is 0 Å². The number of rotatable bonds is 4. The highest BCUT2D eigenvalue weighted by Gasteiger charge is 2.24. The second kappa shape index (κ2) is 7.68. The van der Waals surface area contributed by atoms with Gasteiger partial charge in [-0.05, 0) is 49.9 Å². The number of hydrogen-bond donors (Lipinski definition) is 1. The van der Waals surface area contributed by atoms with Gasteiger partial charge < -0.3 is 10.2 Å². The second-order valence-corrected chi connectivity index (χ2v) is 7.39. The molecule has 0 bridgehead atoms. The Morgan fingerprint density at radius 1 is 1.23 bits per heavy atom. The zero-order valence-corrected chi connectivity index (χ0v) is 14.3. The van der Waals surface area contributed by atoms with E-state index in [4.69, 9.17) is 0 Å². The molecule has 4 nitrogen and oxygen atoms in total. The summed E-state index contributed by atoms with van der Waals surface area (Å²) in [5, 5.41) is 2.66. The fraction of sp³-hybridized carbons (Fsp3) is 0.529. The maximum Gasteiger partial charge on any atom is 0.235 e. The number of nitrogens with zero attached hydrogens (tertiary/aromatic N) is 1. The molecule has 5 heteroatoms. The van der Waals surface area contributed by atoms with Gasteiger partial charge in [0.05, 0.1) is 5.25 Å². The lowest BCUT2D eigenvalue weighted by Gasteiger charge is -2.32. The minimum Gasteiger partial charge on any atom is -0.342 e. The summed E-state index contributed by atoms with van der Waals surface area (Å²) >= 11 is 1.57. The maximum atomic E-state index is 12.5. The summed E-state index contributed by atoms with van der Waals surface area (Å²) < 4.78 is 0. The average molecular weight is 320 g/mol. The molecule has 1 saturated heterocycles. The van der Waals surface area contributed by atoms with Crippen LogP contribution in [0.5, 0.6) is 0 Å². The molecule has 0 spiro atoms. The standard InChI is InChI=1S/C17H24N2O2S/c1-12-8-10-19(11-9-12)17(21)13(2)22-16-6-4-15(5-7-16)18-14(3)20/h4-7,12-13H,8-11H2,1-3H3,(H,18,20). The molecular weight excluding hydrogens is 296 g/mol. The number of benzene rings is 1. The smallest absolute Gasteiger partial charge is 0.235 e. The topological polar surface area (TPSA) is 49.4 Å². The Kier molecular flexibility index (Phi) is 5.89. The molecule has 1 unspecified atom stereocenters. The minimum absolute atomic E-state index is 0.0803. The lowest BCUT2D eigenvalue weighted by Crippen LogP contribution is -2.41. The van der Waals surface area contributed by atoms with Crippen molar-refractivity contribution < 1.29 is 9.59 Å². The molecule has 1 heterocycles. The molecule has 0 aromatic heterocycles. The van der Waals surface area contributed by atoms with Crippen LogP contribution in [0.4, 0.5) is 5.69 Å². The van der Waals surface area contributed by atoms with Crippen LogP contribution >= 0.6 is 11.8 Å². The van der Waals surface area contributed by atoms with E-state index in [2.05, 4.69) is 12.2 Å². The third-order valence-electron chi connectivity index (χ3n) is 3.93. The maximum absolute atomic E-state index is 12.5. The molecule has 1 aliphatic heterocycles. The number of amides is 2. The van der Waals surface area contributed by atoms with Crippen LogP contribution in [0.15, 0.2) is 29.2 Å². The summed E-state index contributed by atoms with van der Waals surface area (Å²) in [5.41, 5.74) is 0.779. The predicted molar refractivity (Wildman–Crippen MR) is 91.0 cm³/mol. The second-order valence-electron chi connectivity index (χ2n) is 5.97. The number of thioether (sulfide) groups is 1. The van der Waals surface area contributed by atoms with Gasteiger partial charge in [-0.25, -0.2) is 0 Å². The molecule has 0 saturated carbocycles. The normalized spacial score (nSPS) is 17.1. The number of hydrogen-bond acceptors (Lipinski definition) is 3. The van der Waals surface area contributed by atoms with Crippen molar-refractivity contribution in [2.45, 2.75) is 43.8 Å². The lowest BCUT2D eigenvalue weighted by molar-refractivity contribution is -0.131. The van der Waals surface area contributed by atoms with Crippen LogP contribution in [-0.4, -0.2) is 35.1 Å². The van der Waals surface area contributed by atoms with Crippen LogP contribution in [-0.2, 0) is 9.59 Å². The molecule has 1 N–H and O–H groups in total. The molecule has 1 aromatic rings. The largest absolute Gasteiger partial charge is 0.342 e. The van der Waals surface area contributed by atoms with Gasteiger partial charge in [0.25, 0.3) is 0 Å². The number of anilines is 1. The van der Waals surface area contributed by atoms with E-state index in [0.29, 0.717) is 0 Å². The van der Waals surface area contributed by atoms with E-state index in [9.17, 15) is 9.59 Å². The van der Waals surface area contributed by atoms with Crippen molar-refractivity contribution in [2.75, 3.05) is 18.4 Å². The van der Waals surface area contributed by atoms with Gasteiger partial charge in [0, 0.05) is 30.6 Å². The number of carbonyl (C=O) groups excluding carboxylic acids is 2. The van der Waals surface area contributed by atoms with Gasteiger partial charge in [-0.3, -0.25) is 9.59 Å². The third kappa shape index (κ3) is 4.77. The summed E-state index contributed by atoms with van der Waals surface area (Å²) in [7, 11) is 0.